The molecule has 2 aromatic heterocycles. The van der Waals surface area contributed by atoms with Crippen LogP contribution in [-0.2, 0) is 10.8 Å². The van der Waals surface area contributed by atoms with Crippen molar-refractivity contribution in [3.8, 4) is 78.9 Å². The first kappa shape index (κ1) is 48.3. The number of hydrogen-bond acceptors (Lipinski definition) is 6. The predicted molar refractivity (Wildman–Crippen MR) is 329 cm³/mol. The summed E-state index contributed by atoms with van der Waals surface area (Å²) in [5.41, 5.74) is 22.2. The average molecular weight is 1030 g/mol. The van der Waals surface area contributed by atoms with Gasteiger partial charge in [-0.05, 0) is 70.8 Å². The minimum absolute atomic E-state index is 0.285. The quantitative estimate of drug-likeness (QED) is 0.144. The molecule has 0 bridgehead atoms. The molecule has 14 rings (SSSR count). The zero-order valence-electron chi connectivity index (χ0n) is 45.1. The Bertz CT molecular complexity index is 3810. The van der Waals surface area contributed by atoms with Gasteiger partial charge in [-0.1, -0.05) is 246 Å². The molecule has 0 saturated carbocycles. The Hall–Kier alpha value is -10.0. The molecule has 382 valence electrons. The van der Waals surface area contributed by atoms with Crippen LogP contribution in [0.4, 0.5) is 34.1 Å². The van der Waals surface area contributed by atoms with Crippen molar-refractivity contribution in [2.24, 2.45) is 0 Å². The fourth-order valence-corrected chi connectivity index (χ4v) is 12.2. The van der Waals surface area contributed by atoms with Crippen LogP contribution in [0.2, 0.25) is 0 Å². The molecule has 4 heterocycles. The smallest absolute Gasteiger partial charge is 0.160 e. The summed E-state index contributed by atoms with van der Waals surface area (Å²) >= 11 is 0. The van der Waals surface area contributed by atoms with Gasteiger partial charge in [0.2, 0.25) is 0 Å². The van der Waals surface area contributed by atoms with Gasteiger partial charge in [0.1, 0.15) is 0 Å². The molecule has 0 amide bonds. The summed E-state index contributed by atoms with van der Waals surface area (Å²) in [6.45, 7) is 9.37. The summed E-state index contributed by atoms with van der Waals surface area (Å²) in [7, 11) is 0. The fourth-order valence-electron chi connectivity index (χ4n) is 12.2. The first-order valence-electron chi connectivity index (χ1n) is 27.5. The first-order valence-corrected chi connectivity index (χ1v) is 27.5. The van der Waals surface area contributed by atoms with Crippen molar-refractivity contribution in [1.82, 2.24) is 19.9 Å². The Morgan fingerprint density at radius 1 is 0.237 bits per heavy atom. The van der Waals surface area contributed by atoms with Gasteiger partial charge in [-0.25, -0.2) is 19.9 Å². The van der Waals surface area contributed by atoms with E-state index in [0.717, 1.165) is 101 Å². The molecule has 0 unspecified atom stereocenters. The zero-order valence-corrected chi connectivity index (χ0v) is 45.1. The number of aromatic nitrogens is 4. The topological polar surface area (TPSA) is 58.0 Å². The Labute approximate surface area is 468 Å². The minimum atomic E-state index is -0.285. The summed E-state index contributed by atoms with van der Waals surface area (Å²) in [6.07, 6.45) is 0. The highest BCUT2D eigenvalue weighted by Gasteiger charge is 2.40. The second-order valence-corrected chi connectivity index (χ2v) is 21.8. The van der Waals surface area contributed by atoms with Crippen molar-refractivity contribution in [1.29, 1.82) is 0 Å². The lowest BCUT2D eigenvalue weighted by Gasteiger charge is -2.43. The van der Waals surface area contributed by atoms with Crippen molar-refractivity contribution >= 4 is 34.1 Å². The second kappa shape index (κ2) is 19.5. The van der Waals surface area contributed by atoms with E-state index in [1.807, 2.05) is 24.3 Å². The highest BCUT2D eigenvalue weighted by Crippen LogP contribution is 2.57. The highest BCUT2D eigenvalue weighted by atomic mass is 15.2. The maximum Gasteiger partial charge on any atom is 0.160 e. The largest absolute Gasteiger partial charge is 0.309 e. The average Bonchev–Trinajstić information content (AvgIpc) is 3.10. The van der Waals surface area contributed by atoms with Gasteiger partial charge in [0.15, 0.2) is 11.6 Å². The lowest BCUT2D eigenvalue weighted by molar-refractivity contribution is 0.631. The van der Waals surface area contributed by atoms with Crippen molar-refractivity contribution in [2.45, 2.75) is 38.5 Å². The van der Waals surface area contributed by atoms with Crippen molar-refractivity contribution in [3.05, 3.63) is 289 Å². The Morgan fingerprint density at radius 3 is 0.762 bits per heavy atom. The van der Waals surface area contributed by atoms with Crippen LogP contribution in [0.1, 0.15) is 49.9 Å². The second-order valence-electron chi connectivity index (χ2n) is 21.8. The number of anilines is 6. The van der Waals surface area contributed by atoms with Crippen LogP contribution in [0.25, 0.3) is 78.9 Å². The van der Waals surface area contributed by atoms with E-state index in [0.29, 0.717) is 11.6 Å². The molecule has 80 heavy (non-hydrogen) atoms. The predicted octanol–water partition coefficient (Wildman–Crippen LogP) is 19.2. The molecule has 12 aromatic rings. The lowest BCUT2D eigenvalue weighted by atomic mass is 9.73. The molecule has 2 aliphatic rings. The van der Waals surface area contributed by atoms with Crippen LogP contribution in [-0.4, -0.2) is 19.9 Å². The maximum atomic E-state index is 5.41. The van der Waals surface area contributed by atoms with E-state index in [4.69, 9.17) is 19.9 Å². The van der Waals surface area contributed by atoms with Crippen molar-refractivity contribution in [2.75, 3.05) is 9.80 Å². The number of hydrogen-bond donors (Lipinski definition) is 0. The molecule has 6 heteroatoms. The molecule has 6 nitrogen and oxygen atoms in total. The molecule has 2 aliphatic heterocycles. The van der Waals surface area contributed by atoms with Crippen molar-refractivity contribution < 1.29 is 0 Å². The molecule has 0 spiro atoms. The van der Waals surface area contributed by atoms with E-state index in [-0.39, 0.29) is 10.8 Å². The van der Waals surface area contributed by atoms with Crippen LogP contribution >= 0.6 is 0 Å². The van der Waals surface area contributed by atoms with Gasteiger partial charge < -0.3 is 9.80 Å². The van der Waals surface area contributed by atoms with Crippen LogP contribution in [0.15, 0.2) is 267 Å². The normalized spacial score (nSPS) is 13.7. The highest BCUT2D eigenvalue weighted by molar-refractivity contribution is 6.01. The number of nitrogens with zero attached hydrogens (tertiary/aromatic N) is 6. The number of rotatable bonds is 9. The van der Waals surface area contributed by atoms with E-state index in [2.05, 4.69) is 280 Å². The van der Waals surface area contributed by atoms with Crippen molar-refractivity contribution in [3.63, 3.8) is 0 Å². The van der Waals surface area contributed by atoms with Gasteiger partial charge in [0, 0.05) is 55.3 Å². The SMILES string of the molecule is CC1(C)c2ccccc2N(c2cc(-c3nc(-c4ccccc4)cc(-c4ccccc4)n3)ccc2-c2ccc(-c3nc(-c4ccccc4)cc(-c4ccccc4)n3)cc2N2c3ccccc3C(C)(C)c3ccccc32)c2ccccc21. The van der Waals surface area contributed by atoms with E-state index >= 15 is 0 Å². The standard InChI is InChI=1S/C74H56N6/c1-73(2)57-33-17-21-37-65(57)79(66-38-22-18-34-58(66)73)69-45-53(71-75-61(49-25-9-5-10-26-49)47-62(76-71)50-27-11-6-12-28-50)41-43-55(69)56-44-42-54(72-77-63(51-29-13-7-14-30-51)48-64(78-72)52-31-15-8-16-32-52)46-70(56)80-67-39-23-19-35-59(67)74(3,4)60-36-20-24-40-68(60)80/h5-48H,1-4H3. The summed E-state index contributed by atoms with van der Waals surface area (Å²) in [5.74, 6) is 1.27. The Balaban J connectivity index is 1.07. The fraction of sp³-hybridized carbons (Fsp3) is 0.0811. The lowest BCUT2D eigenvalue weighted by Crippen LogP contribution is -2.31. The molecule has 10 aromatic carbocycles. The van der Waals surface area contributed by atoms with Gasteiger partial charge in [0.05, 0.1) is 56.9 Å². The molecule has 0 radical (unpaired) electrons. The third-order valence-electron chi connectivity index (χ3n) is 16.3. The monoisotopic (exact) mass is 1030 g/mol. The molecule has 0 atom stereocenters. The zero-order chi connectivity index (χ0) is 54.0. The van der Waals surface area contributed by atoms with Crippen LogP contribution in [0.3, 0.4) is 0 Å². The third-order valence-corrected chi connectivity index (χ3v) is 16.3. The summed E-state index contributed by atoms with van der Waals surface area (Å²) < 4.78 is 0. The maximum absolute atomic E-state index is 5.41. The van der Waals surface area contributed by atoms with Gasteiger partial charge in [-0.3, -0.25) is 0 Å². The number of para-hydroxylation sites is 4. The number of fused-ring (bicyclic) bond motifs is 4. The van der Waals surface area contributed by atoms with E-state index in [1.54, 1.807) is 0 Å². The Morgan fingerprint density at radius 2 is 0.487 bits per heavy atom. The van der Waals surface area contributed by atoms with E-state index < -0.39 is 0 Å². The van der Waals surface area contributed by atoms with Crippen LogP contribution < -0.4 is 9.80 Å². The third kappa shape index (κ3) is 8.27. The molecule has 0 saturated heterocycles. The van der Waals surface area contributed by atoms with Gasteiger partial charge in [-0.2, -0.15) is 0 Å². The van der Waals surface area contributed by atoms with Crippen LogP contribution in [0, 0.1) is 0 Å². The summed E-state index contributed by atoms with van der Waals surface area (Å²) in [5, 5.41) is 0. The minimum Gasteiger partial charge on any atom is -0.309 e. The Kier molecular flexibility index (Phi) is 11.8. The number of benzene rings is 10. The van der Waals surface area contributed by atoms with E-state index in [9.17, 15) is 0 Å². The van der Waals surface area contributed by atoms with Crippen LogP contribution in [0.5, 0.6) is 0 Å². The molecule has 0 fully saturated rings. The molecular weight excluding hydrogens is 973 g/mol. The van der Waals surface area contributed by atoms with Gasteiger partial charge in [0.25, 0.3) is 0 Å². The first-order chi connectivity index (χ1) is 39.2. The molecular formula is C74H56N6. The summed E-state index contributed by atoms with van der Waals surface area (Å²) in [4.78, 5) is 26.6. The summed E-state index contributed by atoms with van der Waals surface area (Å²) in [6, 6.07) is 95.1. The molecule has 0 N–H and O–H groups in total. The van der Waals surface area contributed by atoms with E-state index in [1.165, 1.54) is 22.3 Å². The van der Waals surface area contributed by atoms with Gasteiger partial charge >= 0.3 is 0 Å². The molecule has 0 aliphatic carbocycles. The van der Waals surface area contributed by atoms with Gasteiger partial charge in [-0.15, -0.1) is 0 Å².